The quantitative estimate of drug-likeness (QED) is 0.288. The predicted octanol–water partition coefficient (Wildman–Crippen LogP) is 4.74. The number of guanidine groups is 1. The van der Waals surface area contributed by atoms with Gasteiger partial charge in [-0.1, -0.05) is 35.9 Å². The molecule has 0 aliphatic carbocycles. The number of carbonyl (C=O) groups excluding carboxylic acids is 1. The van der Waals surface area contributed by atoms with Gasteiger partial charge >= 0.3 is 0 Å². The fourth-order valence-corrected chi connectivity index (χ4v) is 2.78. The van der Waals surface area contributed by atoms with E-state index in [-0.39, 0.29) is 35.4 Å². The molecule has 0 aromatic heterocycles. The molecule has 0 heterocycles. The standard InChI is InChI=1S/C22H29ClN4O.HI/c1-5-24-21(26-15-17-9-7-11-19(23)13-17)25-14-16-8-6-10-18(12-16)20(28)27-22(2,3)4;/h6-13H,5,14-15H2,1-4H3,(H,27,28)(H2,24,25,26);1H. The summed E-state index contributed by atoms with van der Waals surface area (Å²) in [6, 6.07) is 15.3. The van der Waals surface area contributed by atoms with Crippen LogP contribution in [0.1, 0.15) is 49.2 Å². The van der Waals surface area contributed by atoms with Gasteiger partial charge in [-0.05, 0) is 63.1 Å². The molecule has 0 saturated carbocycles. The van der Waals surface area contributed by atoms with E-state index in [9.17, 15) is 4.79 Å². The summed E-state index contributed by atoms with van der Waals surface area (Å²) in [4.78, 5) is 17.0. The normalized spacial score (nSPS) is 11.4. The lowest BCUT2D eigenvalue weighted by Crippen LogP contribution is -2.40. The third-order valence-electron chi connectivity index (χ3n) is 3.79. The summed E-state index contributed by atoms with van der Waals surface area (Å²) in [7, 11) is 0. The van der Waals surface area contributed by atoms with Crippen molar-refractivity contribution in [2.45, 2.75) is 46.3 Å². The Morgan fingerprint density at radius 1 is 1.03 bits per heavy atom. The Bertz CT molecular complexity index is 834. The molecule has 2 aromatic carbocycles. The van der Waals surface area contributed by atoms with Gasteiger partial charge in [0.05, 0.1) is 6.54 Å². The number of nitrogens with one attached hydrogen (secondary N) is 3. The van der Waals surface area contributed by atoms with Crippen LogP contribution in [0.25, 0.3) is 0 Å². The van der Waals surface area contributed by atoms with Crippen LogP contribution in [0.4, 0.5) is 0 Å². The van der Waals surface area contributed by atoms with Gasteiger partial charge in [-0.3, -0.25) is 4.79 Å². The van der Waals surface area contributed by atoms with Gasteiger partial charge in [-0.15, -0.1) is 24.0 Å². The van der Waals surface area contributed by atoms with Gasteiger partial charge < -0.3 is 16.0 Å². The molecule has 7 heteroatoms. The Balaban J connectivity index is 0.00000420. The van der Waals surface area contributed by atoms with E-state index in [1.165, 1.54) is 0 Å². The summed E-state index contributed by atoms with van der Waals surface area (Å²) < 4.78 is 0. The molecular weight excluding hydrogens is 499 g/mol. The monoisotopic (exact) mass is 528 g/mol. The molecule has 158 valence electrons. The number of benzene rings is 2. The highest BCUT2D eigenvalue weighted by Gasteiger charge is 2.15. The van der Waals surface area contributed by atoms with Crippen LogP contribution in [0.15, 0.2) is 53.5 Å². The minimum absolute atomic E-state index is 0. The van der Waals surface area contributed by atoms with E-state index < -0.39 is 0 Å². The zero-order valence-electron chi connectivity index (χ0n) is 17.4. The van der Waals surface area contributed by atoms with Crippen LogP contribution in [0, 0.1) is 0 Å². The van der Waals surface area contributed by atoms with Gasteiger partial charge in [0.15, 0.2) is 5.96 Å². The molecule has 0 unspecified atom stereocenters. The summed E-state index contributed by atoms with van der Waals surface area (Å²) in [5.41, 5.74) is 2.44. The largest absolute Gasteiger partial charge is 0.357 e. The van der Waals surface area contributed by atoms with Crippen molar-refractivity contribution in [1.82, 2.24) is 16.0 Å². The number of aliphatic imine (C=N–C) groups is 1. The molecule has 0 spiro atoms. The molecule has 0 bridgehead atoms. The van der Waals surface area contributed by atoms with Crippen LogP contribution in [-0.4, -0.2) is 24.0 Å². The summed E-state index contributed by atoms with van der Waals surface area (Å²) in [6.45, 7) is 9.78. The first-order chi connectivity index (χ1) is 13.3. The Kier molecular flexibility index (Phi) is 10.5. The van der Waals surface area contributed by atoms with Gasteiger partial charge in [0.25, 0.3) is 5.91 Å². The molecule has 0 aliphatic heterocycles. The molecule has 1 amide bonds. The summed E-state index contributed by atoms with van der Waals surface area (Å²) in [5, 5.41) is 10.2. The van der Waals surface area contributed by atoms with Gasteiger partial charge in [-0.25, -0.2) is 4.99 Å². The second-order valence-electron chi connectivity index (χ2n) is 7.58. The topological polar surface area (TPSA) is 65.5 Å². The Morgan fingerprint density at radius 3 is 2.38 bits per heavy atom. The number of hydrogen-bond acceptors (Lipinski definition) is 2. The van der Waals surface area contributed by atoms with Crippen LogP contribution >= 0.6 is 35.6 Å². The van der Waals surface area contributed by atoms with E-state index in [4.69, 9.17) is 11.6 Å². The van der Waals surface area contributed by atoms with Crippen molar-refractivity contribution in [3.05, 3.63) is 70.2 Å². The third-order valence-corrected chi connectivity index (χ3v) is 4.03. The fraction of sp³-hybridized carbons (Fsp3) is 0.364. The van der Waals surface area contributed by atoms with E-state index in [0.29, 0.717) is 29.6 Å². The van der Waals surface area contributed by atoms with Crippen molar-refractivity contribution in [3.8, 4) is 0 Å². The lowest BCUT2D eigenvalue weighted by Gasteiger charge is -2.20. The van der Waals surface area contributed by atoms with Crippen molar-refractivity contribution in [3.63, 3.8) is 0 Å². The molecule has 0 radical (unpaired) electrons. The smallest absolute Gasteiger partial charge is 0.251 e. The maximum absolute atomic E-state index is 12.4. The van der Waals surface area contributed by atoms with Gasteiger partial charge in [0, 0.05) is 29.2 Å². The van der Waals surface area contributed by atoms with Crippen molar-refractivity contribution < 1.29 is 4.79 Å². The molecule has 2 aromatic rings. The van der Waals surface area contributed by atoms with Crippen LogP contribution in [-0.2, 0) is 13.1 Å². The highest BCUT2D eigenvalue weighted by Crippen LogP contribution is 2.11. The van der Waals surface area contributed by atoms with E-state index in [1.54, 1.807) is 0 Å². The van der Waals surface area contributed by atoms with Crippen LogP contribution in [0.5, 0.6) is 0 Å². The molecule has 2 rings (SSSR count). The fourth-order valence-electron chi connectivity index (χ4n) is 2.57. The maximum Gasteiger partial charge on any atom is 0.251 e. The first-order valence-corrected chi connectivity index (χ1v) is 9.82. The maximum atomic E-state index is 12.4. The van der Waals surface area contributed by atoms with E-state index in [2.05, 4.69) is 20.9 Å². The average Bonchev–Trinajstić information content (AvgIpc) is 2.63. The lowest BCUT2D eigenvalue weighted by atomic mass is 10.1. The average molecular weight is 529 g/mol. The Labute approximate surface area is 195 Å². The number of amides is 1. The number of halogens is 2. The third kappa shape index (κ3) is 9.49. The Morgan fingerprint density at radius 2 is 1.72 bits per heavy atom. The van der Waals surface area contributed by atoms with Crippen LogP contribution in [0.2, 0.25) is 5.02 Å². The number of carbonyl (C=O) groups is 1. The second kappa shape index (κ2) is 12.0. The summed E-state index contributed by atoms with van der Waals surface area (Å²) in [6.07, 6.45) is 0. The molecule has 0 aliphatic rings. The van der Waals surface area contributed by atoms with Crippen molar-refractivity contribution in [2.24, 2.45) is 4.99 Å². The van der Waals surface area contributed by atoms with E-state index >= 15 is 0 Å². The number of rotatable bonds is 6. The summed E-state index contributed by atoms with van der Waals surface area (Å²) in [5.74, 6) is 0.642. The highest BCUT2D eigenvalue weighted by molar-refractivity contribution is 14.0. The van der Waals surface area contributed by atoms with E-state index in [1.807, 2.05) is 76.2 Å². The molecule has 3 N–H and O–H groups in total. The molecule has 0 atom stereocenters. The molecule has 0 saturated heterocycles. The van der Waals surface area contributed by atoms with E-state index in [0.717, 1.165) is 17.7 Å². The minimum atomic E-state index is -0.267. The predicted molar refractivity (Wildman–Crippen MR) is 132 cm³/mol. The SMILES string of the molecule is CCNC(=NCc1cccc(Cl)c1)NCc1cccc(C(=O)NC(C)(C)C)c1.I. The number of hydrogen-bond donors (Lipinski definition) is 3. The first-order valence-electron chi connectivity index (χ1n) is 9.45. The molecular formula is C22H30ClIN4O. The van der Waals surface area contributed by atoms with Crippen LogP contribution in [0.3, 0.4) is 0 Å². The van der Waals surface area contributed by atoms with Crippen LogP contribution < -0.4 is 16.0 Å². The molecule has 5 nitrogen and oxygen atoms in total. The van der Waals surface area contributed by atoms with Crippen molar-refractivity contribution >= 4 is 47.4 Å². The Hall–Kier alpha value is -1.80. The van der Waals surface area contributed by atoms with Crippen molar-refractivity contribution in [2.75, 3.05) is 6.54 Å². The van der Waals surface area contributed by atoms with Gasteiger partial charge in [0.1, 0.15) is 0 Å². The first kappa shape index (κ1) is 25.2. The zero-order chi connectivity index (χ0) is 20.6. The molecule has 29 heavy (non-hydrogen) atoms. The number of nitrogens with zero attached hydrogens (tertiary/aromatic N) is 1. The molecule has 0 fully saturated rings. The highest BCUT2D eigenvalue weighted by atomic mass is 127. The minimum Gasteiger partial charge on any atom is -0.357 e. The van der Waals surface area contributed by atoms with Gasteiger partial charge in [-0.2, -0.15) is 0 Å². The zero-order valence-corrected chi connectivity index (χ0v) is 20.5. The van der Waals surface area contributed by atoms with Crippen molar-refractivity contribution in [1.29, 1.82) is 0 Å². The summed E-state index contributed by atoms with van der Waals surface area (Å²) >= 11 is 6.03. The van der Waals surface area contributed by atoms with Gasteiger partial charge in [0.2, 0.25) is 0 Å². The lowest BCUT2D eigenvalue weighted by molar-refractivity contribution is 0.0919. The second-order valence-corrected chi connectivity index (χ2v) is 8.02.